The molecular weight excluding hydrogens is 422 g/mol. The molecule has 198 valence electrons. The van der Waals surface area contributed by atoms with Crippen LogP contribution in [0.15, 0.2) is 36.5 Å². The highest BCUT2D eigenvalue weighted by atomic mass is 16.3. The predicted octanol–water partition coefficient (Wildman–Crippen LogP) is 7.55. The van der Waals surface area contributed by atoms with E-state index in [0.717, 1.165) is 32.1 Å². The number of rotatable bonds is 24. The highest BCUT2D eigenvalue weighted by Gasteiger charge is 2.17. The maximum absolute atomic E-state index is 11.6. The zero-order valence-corrected chi connectivity index (χ0v) is 22.4. The summed E-state index contributed by atoms with van der Waals surface area (Å²) in [6, 6.07) is -0.636. The molecule has 0 aliphatic rings. The van der Waals surface area contributed by atoms with Gasteiger partial charge >= 0.3 is 0 Å². The summed E-state index contributed by atoms with van der Waals surface area (Å²) in [5, 5.41) is 22.1. The van der Waals surface area contributed by atoms with E-state index < -0.39 is 12.1 Å². The molecule has 0 saturated heterocycles. The van der Waals surface area contributed by atoms with Crippen molar-refractivity contribution in [1.29, 1.82) is 0 Å². The third kappa shape index (κ3) is 22.4. The lowest BCUT2D eigenvalue weighted by molar-refractivity contribution is -0.122. The van der Waals surface area contributed by atoms with Crippen LogP contribution in [0.4, 0.5) is 0 Å². The Morgan fingerprint density at radius 3 is 1.65 bits per heavy atom. The molecule has 0 heterocycles. The Kier molecular flexibility index (Phi) is 25.1. The summed E-state index contributed by atoms with van der Waals surface area (Å²) in [5.41, 5.74) is 0. The van der Waals surface area contributed by atoms with Gasteiger partial charge in [-0.15, -0.1) is 0 Å². The van der Waals surface area contributed by atoms with Crippen LogP contribution in [0.3, 0.4) is 0 Å². The molecular formula is C30H55NO3. The standard InChI is InChI=1S/C30H55NO3/c1-3-5-6-7-8-9-10-11-12-13-14-15-16-17-18-19-20-21-22-23-24-26-29(33)28(27-32)31-30(34)25-4-2/h16-17,20-21,24,26,28-29,32-33H,3-15,18-19,22-23,25,27H2,1-2H3,(H,31,34)/b17-16+,21-20+,26-24+. The fourth-order valence-electron chi connectivity index (χ4n) is 3.90. The minimum atomic E-state index is -0.861. The molecule has 0 aromatic rings. The number of hydrogen-bond donors (Lipinski definition) is 3. The van der Waals surface area contributed by atoms with E-state index in [1.54, 1.807) is 6.08 Å². The molecule has 3 N–H and O–H groups in total. The van der Waals surface area contributed by atoms with Crippen LogP contribution in [-0.4, -0.2) is 34.9 Å². The number of aliphatic hydroxyl groups is 2. The monoisotopic (exact) mass is 477 g/mol. The van der Waals surface area contributed by atoms with Crippen molar-refractivity contribution < 1.29 is 15.0 Å². The smallest absolute Gasteiger partial charge is 0.220 e. The van der Waals surface area contributed by atoms with Gasteiger partial charge in [-0.2, -0.15) is 0 Å². The molecule has 0 fully saturated rings. The zero-order valence-electron chi connectivity index (χ0n) is 22.4. The van der Waals surface area contributed by atoms with Crippen molar-refractivity contribution in [2.45, 2.75) is 142 Å². The average Bonchev–Trinajstić information content (AvgIpc) is 2.83. The van der Waals surface area contributed by atoms with Crippen LogP contribution in [0.5, 0.6) is 0 Å². The van der Waals surface area contributed by atoms with Crippen molar-refractivity contribution >= 4 is 5.91 Å². The van der Waals surface area contributed by atoms with Crippen molar-refractivity contribution in [3.63, 3.8) is 0 Å². The van der Waals surface area contributed by atoms with E-state index in [2.05, 4.69) is 36.5 Å². The second-order valence-electron chi connectivity index (χ2n) is 9.45. The first kappa shape index (κ1) is 32.6. The van der Waals surface area contributed by atoms with E-state index in [1.807, 2.05) is 13.0 Å². The molecule has 2 unspecified atom stereocenters. The summed E-state index contributed by atoms with van der Waals surface area (Å²) in [6.07, 6.45) is 33.4. The molecule has 0 aliphatic heterocycles. The van der Waals surface area contributed by atoms with E-state index in [-0.39, 0.29) is 12.5 Å². The third-order valence-electron chi connectivity index (χ3n) is 6.07. The van der Waals surface area contributed by atoms with Crippen LogP contribution in [0, 0.1) is 0 Å². The molecule has 0 saturated carbocycles. The van der Waals surface area contributed by atoms with Gasteiger partial charge in [-0.1, -0.05) is 115 Å². The van der Waals surface area contributed by atoms with Gasteiger partial charge in [-0.25, -0.2) is 0 Å². The highest BCUT2D eigenvalue weighted by Crippen LogP contribution is 2.12. The molecule has 4 nitrogen and oxygen atoms in total. The van der Waals surface area contributed by atoms with Crippen molar-refractivity contribution in [2.24, 2.45) is 0 Å². The molecule has 34 heavy (non-hydrogen) atoms. The molecule has 1 amide bonds. The summed E-state index contributed by atoms with van der Waals surface area (Å²) >= 11 is 0. The Bertz CT molecular complexity index is 527. The molecule has 4 heteroatoms. The Hall–Kier alpha value is -1.39. The van der Waals surface area contributed by atoms with Gasteiger partial charge in [-0.05, 0) is 44.9 Å². The third-order valence-corrected chi connectivity index (χ3v) is 6.07. The van der Waals surface area contributed by atoms with Crippen LogP contribution < -0.4 is 5.32 Å². The number of allylic oxidation sites excluding steroid dienone is 5. The van der Waals surface area contributed by atoms with Crippen LogP contribution in [0.25, 0.3) is 0 Å². The Balaban J connectivity index is 3.56. The highest BCUT2D eigenvalue weighted by molar-refractivity contribution is 5.76. The number of nitrogens with one attached hydrogen (secondary N) is 1. The first-order valence-corrected chi connectivity index (χ1v) is 14.2. The normalized spacial score (nSPS) is 13.9. The Labute approximate surface area is 211 Å². The predicted molar refractivity (Wildman–Crippen MR) is 147 cm³/mol. The van der Waals surface area contributed by atoms with Crippen LogP contribution in [-0.2, 0) is 4.79 Å². The number of unbranched alkanes of at least 4 members (excludes halogenated alkanes) is 13. The molecule has 0 bridgehead atoms. The van der Waals surface area contributed by atoms with Crippen molar-refractivity contribution in [2.75, 3.05) is 6.61 Å². The van der Waals surface area contributed by atoms with Gasteiger partial charge in [0.1, 0.15) is 0 Å². The first-order chi connectivity index (χ1) is 16.7. The summed E-state index contributed by atoms with van der Waals surface area (Å²) in [4.78, 5) is 11.6. The summed E-state index contributed by atoms with van der Waals surface area (Å²) in [5.74, 6) is -0.134. The lowest BCUT2D eigenvalue weighted by atomic mass is 10.1. The second kappa shape index (κ2) is 26.2. The Morgan fingerprint density at radius 1 is 0.676 bits per heavy atom. The largest absolute Gasteiger partial charge is 0.394 e. The minimum absolute atomic E-state index is 0.134. The average molecular weight is 478 g/mol. The molecule has 0 rings (SSSR count). The van der Waals surface area contributed by atoms with Gasteiger partial charge in [0, 0.05) is 6.42 Å². The lowest BCUT2D eigenvalue weighted by Gasteiger charge is -2.19. The quantitative estimate of drug-likeness (QED) is 0.0992. The van der Waals surface area contributed by atoms with Gasteiger partial charge in [0.05, 0.1) is 18.8 Å². The Morgan fingerprint density at radius 2 is 1.15 bits per heavy atom. The molecule has 2 atom stereocenters. The van der Waals surface area contributed by atoms with Crippen LogP contribution in [0.1, 0.15) is 129 Å². The first-order valence-electron chi connectivity index (χ1n) is 14.2. The van der Waals surface area contributed by atoms with E-state index in [9.17, 15) is 15.0 Å². The van der Waals surface area contributed by atoms with Crippen LogP contribution >= 0.6 is 0 Å². The van der Waals surface area contributed by atoms with E-state index in [0.29, 0.717) is 6.42 Å². The fourth-order valence-corrected chi connectivity index (χ4v) is 3.90. The SMILES string of the molecule is CCCCCCCCCCCCC/C=C/CC/C=C/CC/C=C/C(O)C(CO)NC(=O)CCC. The van der Waals surface area contributed by atoms with Gasteiger partial charge in [-0.3, -0.25) is 4.79 Å². The van der Waals surface area contributed by atoms with E-state index in [1.165, 1.54) is 77.0 Å². The molecule has 0 spiro atoms. The zero-order chi connectivity index (χ0) is 25.1. The second-order valence-corrected chi connectivity index (χ2v) is 9.45. The summed E-state index contributed by atoms with van der Waals surface area (Å²) < 4.78 is 0. The van der Waals surface area contributed by atoms with Gasteiger partial charge in [0.15, 0.2) is 0 Å². The maximum Gasteiger partial charge on any atom is 0.220 e. The number of carbonyl (C=O) groups is 1. The fraction of sp³-hybridized carbons (Fsp3) is 0.767. The molecule has 0 aliphatic carbocycles. The minimum Gasteiger partial charge on any atom is -0.394 e. The topological polar surface area (TPSA) is 69.6 Å². The number of aliphatic hydroxyl groups excluding tert-OH is 2. The summed E-state index contributed by atoms with van der Waals surface area (Å²) in [6.45, 7) is 3.93. The number of hydrogen-bond acceptors (Lipinski definition) is 3. The van der Waals surface area contributed by atoms with Crippen molar-refractivity contribution in [3.05, 3.63) is 36.5 Å². The summed E-state index contributed by atoms with van der Waals surface area (Å²) in [7, 11) is 0. The van der Waals surface area contributed by atoms with Crippen molar-refractivity contribution in [3.8, 4) is 0 Å². The molecule has 0 aromatic heterocycles. The molecule has 0 radical (unpaired) electrons. The van der Waals surface area contributed by atoms with Gasteiger partial charge in [0.2, 0.25) is 5.91 Å². The van der Waals surface area contributed by atoms with Crippen LogP contribution in [0.2, 0.25) is 0 Å². The van der Waals surface area contributed by atoms with Gasteiger partial charge in [0.25, 0.3) is 0 Å². The number of carbonyl (C=O) groups excluding carboxylic acids is 1. The maximum atomic E-state index is 11.6. The lowest BCUT2D eigenvalue weighted by Crippen LogP contribution is -2.45. The molecule has 0 aromatic carbocycles. The van der Waals surface area contributed by atoms with Crippen molar-refractivity contribution in [1.82, 2.24) is 5.32 Å². The van der Waals surface area contributed by atoms with E-state index in [4.69, 9.17) is 0 Å². The number of amides is 1. The van der Waals surface area contributed by atoms with E-state index >= 15 is 0 Å². The van der Waals surface area contributed by atoms with Gasteiger partial charge < -0.3 is 15.5 Å².